The van der Waals surface area contributed by atoms with Gasteiger partial charge in [0, 0.05) is 43.8 Å². The van der Waals surface area contributed by atoms with Gasteiger partial charge in [-0.25, -0.2) is 0 Å². The molecule has 0 aliphatic heterocycles. The van der Waals surface area contributed by atoms with Gasteiger partial charge >= 0.3 is 0 Å². The second-order valence-corrected chi connectivity index (χ2v) is 11.2. The Labute approximate surface area is 257 Å². The van der Waals surface area contributed by atoms with E-state index in [1.807, 2.05) is 48.5 Å². The van der Waals surface area contributed by atoms with Crippen LogP contribution in [0.5, 0.6) is 11.5 Å². The lowest BCUT2D eigenvalue weighted by atomic mass is 10.1. The molecule has 0 heterocycles. The fraction of sp³-hybridized carbons (Fsp3) is 0. The molecule has 0 unspecified atom stereocenters. The smallest absolute Gasteiger partial charge is 0.131 e. The maximum atomic E-state index is 6.52. The minimum absolute atomic E-state index is 0.725. The van der Waals surface area contributed by atoms with Gasteiger partial charge in [0.15, 0.2) is 0 Å². The number of ether oxygens (including phenoxy) is 1. The van der Waals surface area contributed by atoms with Gasteiger partial charge in [0.2, 0.25) is 0 Å². The maximum Gasteiger partial charge on any atom is 0.131 e. The Morgan fingerprint density at radius 1 is 0.341 bits per heavy atom. The molecule has 6 rings (SSSR count). The zero-order valence-electron chi connectivity index (χ0n) is 22.1. The molecule has 3 nitrogen and oxygen atoms in total. The molecule has 200 valence electrons. The first-order valence-electron chi connectivity index (χ1n) is 13.2. The molecule has 0 aliphatic rings. The number of hydrogen-bond donors (Lipinski definition) is 0. The van der Waals surface area contributed by atoms with E-state index in [1.54, 1.807) is 0 Å². The summed E-state index contributed by atoms with van der Waals surface area (Å²) in [5.41, 5.74) is 6.12. The van der Waals surface area contributed by atoms with Gasteiger partial charge in [-0.1, -0.05) is 98.6 Å². The molecule has 41 heavy (non-hydrogen) atoms. The second kappa shape index (κ2) is 12.5. The molecule has 0 saturated carbocycles. The van der Waals surface area contributed by atoms with Crippen LogP contribution in [-0.2, 0) is 0 Å². The van der Waals surface area contributed by atoms with Gasteiger partial charge < -0.3 is 14.5 Å². The van der Waals surface area contributed by atoms with E-state index in [1.165, 1.54) is 0 Å². The second-order valence-electron chi connectivity index (χ2n) is 9.40. The van der Waals surface area contributed by atoms with E-state index in [9.17, 15) is 0 Å². The molecule has 0 radical (unpaired) electrons. The predicted molar refractivity (Wildman–Crippen MR) is 178 cm³/mol. The first-order chi connectivity index (χ1) is 20.1. The van der Waals surface area contributed by atoms with Crippen molar-refractivity contribution < 1.29 is 4.74 Å². The molecule has 0 aromatic heterocycles. The number of halogens is 2. The Morgan fingerprint density at radius 2 is 0.780 bits per heavy atom. The average molecular weight is 662 g/mol. The van der Waals surface area contributed by atoms with E-state index in [0.717, 1.165) is 54.6 Å². The van der Waals surface area contributed by atoms with Gasteiger partial charge in [0.1, 0.15) is 11.5 Å². The topological polar surface area (TPSA) is 15.7 Å². The van der Waals surface area contributed by atoms with Crippen LogP contribution in [0.25, 0.3) is 0 Å². The Kier molecular flexibility index (Phi) is 8.17. The quantitative estimate of drug-likeness (QED) is 0.161. The third kappa shape index (κ3) is 6.37. The molecule has 0 amide bonds. The number of benzene rings is 6. The van der Waals surface area contributed by atoms with Crippen LogP contribution in [0, 0.1) is 0 Å². The summed E-state index contributed by atoms with van der Waals surface area (Å²) in [5, 5.41) is 0. The van der Waals surface area contributed by atoms with E-state index in [0.29, 0.717) is 0 Å². The fourth-order valence-corrected chi connectivity index (χ4v) is 5.56. The van der Waals surface area contributed by atoms with Crippen molar-refractivity contribution in [1.29, 1.82) is 0 Å². The van der Waals surface area contributed by atoms with Crippen molar-refractivity contribution in [3.8, 4) is 11.5 Å². The number of hydrogen-bond acceptors (Lipinski definition) is 3. The van der Waals surface area contributed by atoms with E-state index < -0.39 is 0 Å². The molecule has 0 bridgehead atoms. The third-order valence-electron chi connectivity index (χ3n) is 6.53. The predicted octanol–water partition coefficient (Wildman–Crippen LogP) is 11.9. The van der Waals surface area contributed by atoms with Crippen molar-refractivity contribution in [2.75, 3.05) is 9.80 Å². The van der Waals surface area contributed by atoms with Crippen molar-refractivity contribution in [1.82, 2.24) is 0 Å². The van der Waals surface area contributed by atoms with Crippen molar-refractivity contribution in [2.45, 2.75) is 0 Å². The van der Waals surface area contributed by atoms with Crippen LogP contribution in [-0.4, -0.2) is 0 Å². The number of anilines is 6. The average Bonchev–Trinajstić information content (AvgIpc) is 2.99. The molecule has 0 N–H and O–H groups in total. The van der Waals surface area contributed by atoms with Crippen LogP contribution >= 0.6 is 31.9 Å². The lowest BCUT2D eigenvalue weighted by Gasteiger charge is -2.30. The zero-order valence-corrected chi connectivity index (χ0v) is 25.2. The normalized spacial score (nSPS) is 10.7. The van der Waals surface area contributed by atoms with Gasteiger partial charge in [0.25, 0.3) is 0 Å². The fourth-order valence-electron chi connectivity index (χ4n) is 4.79. The van der Waals surface area contributed by atoms with Crippen LogP contribution in [0.3, 0.4) is 0 Å². The third-order valence-corrected chi connectivity index (χ3v) is 7.52. The minimum Gasteiger partial charge on any atom is -0.457 e. The monoisotopic (exact) mass is 660 g/mol. The van der Waals surface area contributed by atoms with Gasteiger partial charge in [-0.2, -0.15) is 0 Å². The zero-order chi connectivity index (χ0) is 28.0. The van der Waals surface area contributed by atoms with Crippen LogP contribution in [0.15, 0.2) is 167 Å². The van der Waals surface area contributed by atoms with Crippen molar-refractivity contribution in [3.05, 3.63) is 167 Å². The molecule has 0 saturated heterocycles. The van der Waals surface area contributed by atoms with Crippen molar-refractivity contribution >= 4 is 66.0 Å². The largest absolute Gasteiger partial charge is 0.457 e. The van der Waals surface area contributed by atoms with E-state index in [-0.39, 0.29) is 0 Å². The first-order valence-corrected chi connectivity index (χ1v) is 14.8. The molecule has 6 aromatic rings. The van der Waals surface area contributed by atoms with Gasteiger partial charge in [-0.05, 0) is 78.9 Å². The van der Waals surface area contributed by atoms with Crippen LogP contribution in [0.2, 0.25) is 0 Å². The summed E-state index contributed by atoms with van der Waals surface area (Å²) >= 11 is 7.25. The van der Waals surface area contributed by atoms with Gasteiger partial charge in [0.05, 0.1) is 11.4 Å². The first kappa shape index (κ1) is 26.9. The maximum absolute atomic E-state index is 6.52. The summed E-state index contributed by atoms with van der Waals surface area (Å²) < 4.78 is 8.48. The van der Waals surface area contributed by atoms with Crippen molar-refractivity contribution in [2.24, 2.45) is 0 Å². The minimum atomic E-state index is 0.725. The highest BCUT2D eigenvalue weighted by molar-refractivity contribution is 9.10. The van der Waals surface area contributed by atoms with Gasteiger partial charge in [-0.15, -0.1) is 0 Å². The van der Waals surface area contributed by atoms with Crippen LogP contribution in [0.1, 0.15) is 0 Å². The lowest BCUT2D eigenvalue weighted by molar-refractivity contribution is 0.482. The molecule has 5 heteroatoms. The van der Waals surface area contributed by atoms with Gasteiger partial charge in [-0.3, -0.25) is 0 Å². The Morgan fingerprint density at radius 3 is 1.27 bits per heavy atom. The number of rotatable bonds is 8. The van der Waals surface area contributed by atoms with E-state index in [4.69, 9.17) is 4.74 Å². The Balaban J connectivity index is 1.58. The highest BCUT2D eigenvalue weighted by atomic mass is 79.9. The molecule has 0 aliphatic carbocycles. The van der Waals surface area contributed by atoms with Crippen LogP contribution < -0.4 is 14.5 Å². The molecular weight excluding hydrogens is 636 g/mol. The highest BCUT2D eigenvalue weighted by Gasteiger charge is 2.19. The summed E-state index contributed by atoms with van der Waals surface area (Å²) in [6.45, 7) is 0. The standard InChI is InChI=1S/C36H26Br2N2O/c37-27-12-10-20-32(22-27)40(31-18-8-3-9-19-31)34-24-33(25-36(26-34)41-35-21-11-13-28(38)23-35)39(29-14-4-1-5-15-29)30-16-6-2-7-17-30/h1-26H. The molecule has 0 spiro atoms. The number of nitrogens with zero attached hydrogens (tertiary/aromatic N) is 2. The number of para-hydroxylation sites is 3. The molecule has 6 aromatic carbocycles. The Bertz CT molecular complexity index is 1710. The highest BCUT2D eigenvalue weighted by Crippen LogP contribution is 2.43. The summed E-state index contributed by atoms with van der Waals surface area (Å²) in [6.07, 6.45) is 0. The molecule has 0 fully saturated rings. The SMILES string of the molecule is Brc1cccc(Oc2cc(N(c3ccccc3)c3ccccc3)cc(N(c3ccccc3)c3cccc(Br)c3)c2)c1. The van der Waals surface area contributed by atoms with Crippen LogP contribution in [0.4, 0.5) is 34.1 Å². The van der Waals surface area contributed by atoms with Crippen molar-refractivity contribution in [3.63, 3.8) is 0 Å². The summed E-state index contributed by atoms with van der Waals surface area (Å²) in [4.78, 5) is 4.50. The molecule has 0 atom stereocenters. The van der Waals surface area contributed by atoms with E-state index in [2.05, 4.69) is 151 Å². The summed E-state index contributed by atoms with van der Waals surface area (Å²) in [7, 11) is 0. The lowest BCUT2D eigenvalue weighted by Crippen LogP contribution is -2.13. The van der Waals surface area contributed by atoms with E-state index >= 15 is 0 Å². The summed E-state index contributed by atoms with van der Waals surface area (Å²) in [6, 6.07) is 53.8. The summed E-state index contributed by atoms with van der Waals surface area (Å²) in [5.74, 6) is 1.48. The Hall–Kier alpha value is -4.32. The molecular formula is C36H26Br2N2O.